The van der Waals surface area contributed by atoms with E-state index in [4.69, 9.17) is 0 Å². The fourth-order valence-electron chi connectivity index (χ4n) is 2.97. The zero-order chi connectivity index (χ0) is 17.1. The van der Waals surface area contributed by atoms with Crippen molar-refractivity contribution in [1.82, 2.24) is 5.43 Å². The zero-order valence-electron chi connectivity index (χ0n) is 13.5. The predicted molar refractivity (Wildman–Crippen MR) is 94.9 cm³/mol. The van der Waals surface area contributed by atoms with Crippen LogP contribution < -0.4 is 15.2 Å². The topological polar surface area (TPSA) is 97.2 Å². The van der Waals surface area contributed by atoms with Crippen molar-refractivity contribution >= 4 is 28.6 Å². The van der Waals surface area contributed by atoms with Gasteiger partial charge in [0.25, 0.3) is 0 Å². The maximum atomic E-state index is 11.8. The molecule has 0 spiro atoms. The third kappa shape index (κ3) is 3.61. The number of nitrogens with one attached hydrogen (secondary N) is 2. The number of aliphatic hydroxyl groups is 1. The van der Waals surface area contributed by atoms with E-state index in [1.165, 1.54) is 0 Å². The lowest BCUT2D eigenvalue weighted by Crippen LogP contribution is -2.16. The summed E-state index contributed by atoms with van der Waals surface area (Å²) in [6.07, 6.45) is 6.01. The summed E-state index contributed by atoms with van der Waals surface area (Å²) in [5.41, 5.74) is 5.10. The Morgan fingerprint density at radius 3 is 3.00 bits per heavy atom. The summed E-state index contributed by atoms with van der Waals surface area (Å²) in [4.78, 5) is 0. The smallest absolute Gasteiger partial charge is 0.148 e. The molecule has 1 fully saturated rings. The molecule has 0 aromatic heterocycles. The van der Waals surface area contributed by atoms with Crippen molar-refractivity contribution in [2.24, 2.45) is 11.0 Å². The maximum Gasteiger partial charge on any atom is 0.148 e. The van der Waals surface area contributed by atoms with Crippen LogP contribution in [-0.4, -0.2) is 26.8 Å². The lowest BCUT2D eigenvalue weighted by molar-refractivity contribution is 0.181. The molecular weight excluding hydrogens is 328 g/mol. The molecule has 1 heterocycles. The number of fused-ring (bicyclic) bond motifs is 1. The number of hydrogen-bond donors (Lipinski definition) is 4. The van der Waals surface area contributed by atoms with Crippen LogP contribution in [0.2, 0.25) is 0 Å². The van der Waals surface area contributed by atoms with Crippen molar-refractivity contribution in [3.8, 4) is 0 Å². The van der Waals surface area contributed by atoms with Crippen LogP contribution in [0.25, 0.3) is 0 Å². The molecule has 7 nitrogen and oxygen atoms in total. The molecule has 8 heteroatoms. The molecule has 1 saturated carbocycles. The Hall–Kier alpha value is -1.90. The van der Waals surface area contributed by atoms with Crippen LogP contribution in [0.4, 0.5) is 11.4 Å². The minimum Gasteiger partial charge on any atom is -0.393 e. The third-order valence-electron chi connectivity index (χ3n) is 4.29. The molecule has 0 amide bonds. The summed E-state index contributed by atoms with van der Waals surface area (Å²) in [6.45, 7) is 1.88. The van der Waals surface area contributed by atoms with Crippen molar-refractivity contribution in [3.63, 3.8) is 0 Å². The number of benzene rings is 1. The minimum absolute atomic E-state index is 0.213. The number of anilines is 2. The SMILES string of the molecule is C/C=C(\N/N=C/C1CCC(O)C1)Nc1cccc2c1CS(=O)N2O. The molecule has 3 atom stereocenters. The van der Waals surface area contributed by atoms with Crippen molar-refractivity contribution in [1.29, 1.82) is 0 Å². The fraction of sp³-hybridized carbons (Fsp3) is 0.438. The molecule has 130 valence electrons. The summed E-state index contributed by atoms with van der Waals surface area (Å²) in [5.74, 6) is 1.27. The second kappa shape index (κ2) is 7.33. The Bertz CT molecular complexity index is 692. The van der Waals surface area contributed by atoms with Crippen molar-refractivity contribution < 1.29 is 14.5 Å². The van der Waals surface area contributed by atoms with Gasteiger partial charge in [-0.15, -0.1) is 0 Å². The highest BCUT2D eigenvalue weighted by Gasteiger charge is 2.27. The molecule has 4 N–H and O–H groups in total. The number of hydrogen-bond acceptors (Lipinski definition) is 6. The number of rotatable bonds is 5. The second-order valence-corrected chi connectivity index (χ2v) is 7.26. The van der Waals surface area contributed by atoms with Gasteiger partial charge in [0.15, 0.2) is 0 Å². The largest absolute Gasteiger partial charge is 0.393 e. The van der Waals surface area contributed by atoms with Gasteiger partial charge in [0.2, 0.25) is 0 Å². The highest BCUT2D eigenvalue weighted by atomic mass is 32.2. The molecule has 0 saturated heterocycles. The van der Waals surface area contributed by atoms with Crippen LogP contribution >= 0.6 is 0 Å². The molecule has 3 unspecified atom stereocenters. The Labute approximate surface area is 143 Å². The molecule has 1 aliphatic heterocycles. The molecule has 0 bridgehead atoms. The highest BCUT2D eigenvalue weighted by Crippen LogP contribution is 2.35. The Morgan fingerprint density at radius 2 is 2.29 bits per heavy atom. The summed E-state index contributed by atoms with van der Waals surface area (Å²) in [5, 5.41) is 26.8. The van der Waals surface area contributed by atoms with Gasteiger partial charge >= 0.3 is 0 Å². The third-order valence-corrected chi connectivity index (χ3v) is 5.41. The minimum atomic E-state index is -1.45. The first-order valence-electron chi connectivity index (χ1n) is 7.98. The van der Waals surface area contributed by atoms with Gasteiger partial charge in [-0.05, 0) is 50.3 Å². The van der Waals surface area contributed by atoms with Gasteiger partial charge in [0.1, 0.15) is 16.8 Å². The molecular formula is C16H22N4O3S. The Balaban J connectivity index is 1.65. The average molecular weight is 350 g/mol. The fourth-order valence-corrected chi connectivity index (χ4v) is 4.03. The van der Waals surface area contributed by atoms with Gasteiger partial charge in [-0.3, -0.25) is 10.6 Å². The molecule has 3 rings (SSSR count). The van der Waals surface area contributed by atoms with Crippen LogP contribution in [-0.2, 0) is 16.7 Å². The molecule has 2 aliphatic rings. The van der Waals surface area contributed by atoms with Crippen LogP contribution in [0.3, 0.4) is 0 Å². The number of aliphatic hydroxyl groups excluding tert-OH is 1. The van der Waals surface area contributed by atoms with E-state index in [1.807, 2.05) is 25.3 Å². The van der Waals surface area contributed by atoms with Gasteiger partial charge in [-0.25, -0.2) is 4.21 Å². The van der Waals surface area contributed by atoms with Gasteiger partial charge in [0, 0.05) is 17.5 Å². The standard InChI is InChI=1S/C16H22N4O3S/c1-2-16(19-17-9-11-6-7-12(21)8-11)18-14-4-3-5-15-13(14)10-24(23)20(15)22/h2-5,9,11-12,18-19,21-22H,6-8,10H2,1H3/b16-2-,17-9+. The first kappa shape index (κ1) is 16.9. The van der Waals surface area contributed by atoms with E-state index >= 15 is 0 Å². The number of hydrazone groups is 1. The van der Waals surface area contributed by atoms with E-state index in [0.29, 0.717) is 17.4 Å². The van der Waals surface area contributed by atoms with E-state index < -0.39 is 11.0 Å². The predicted octanol–water partition coefficient (Wildman–Crippen LogP) is 2.07. The Kier molecular flexibility index (Phi) is 5.17. The monoisotopic (exact) mass is 350 g/mol. The Morgan fingerprint density at radius 1 is 1.46 bits per heavy atom. The van der Waals surface area contributed by atoms with Crippen LogP contribution in [0.15, 0.2) is 35.2 Å². The first-order chi connectivity index (χ1) is 11.6. The van der Waals surface area contributed by atoms with Crippen LogP contribution in [0.5, 0.6) is 0 Å². The molecule has 1 aromatic carbocycles. The van der Waals surface area contributed by atoms with E-state index in [0.717, 1.165) is 35.0 Å². The lowest BCUT2D eigenvalue weighted by atomic mass is 10.1. The van der Waals surface area contributed by atoms with Gasteiger partial charge in [-0.1, -0.05) is 6.07 Å². The van der Waals surface area contributed by atoms with E-state index in [2.05, 4.69) is 15.8 Å². The van der Waals surface area contributed by atoms with E-state index in [-0.39, 0.29) is 11.9 Å². The lowest BCUT2D eigenvalue weighted by Gasteiger charge is -2.14. The summed E-state index contributed by atoms with van der Waals surface area (Å²) in [6, 6.07) is 5.40. The van der Waals surface area contributed by atoms with Crippen molar-refractivity contribution in [2.45, 2.75) is 38.0 Å². The molecule has 1 aliphatic carbocycles. The summed E-state index contributed by atoms with van der Waals surface area (Å²) in [7, 11) is -1.45. The van der Waals surface area contributed by atoms with Gasteiger partial charge < -0.3 is 10.4 Å². The summed E-state index contributed by atoms with van der Waals surface area (Å²) < 4.78 is 12.6. The number of allylic oxidation sites excluding steroid dienone is 1. The second-order valence-electron chi connectivity index (χ2n) is 5.99. The molecule has 0 radical (unpaired) electrons. The van der Waals surface area contributed by atoms with Gasteiger partial charge in [0.05, 0.1) is 17.5 Å². The van der Waals surface area contributed by atoms with E-state index in [1.54, 1.807) is 12.1 Å². The van der Waals surface area contributed by atoms with Gasteiger partial charge in [-0.2, -0.15) is 9.57 Å². The van der Waals surface area contributed by atoms with Crippen molar-refractivity contribution in [3.05, 3.63) is 35.7 Å². The number of nitrogens with zero attached hydrogens (tertiary/aromatic N) is 2. The quantitative estimate of drug-likeness (QED) is 0.481. The first-order valence-corrected chi connectivity index (χ1v) is 9.26. The average Bonchev–Trinajstić information content (AvgIpc) is 3.11. The van der Waals surface area contributed by atoms with Crippen LogP contribution in [0, 0.1) is 5.92 Å². The molecule has 24 heavy (non-hydrogen) atoms. The van der Waals surface area contributed by atoms with Crippen LogP contribution in [0.1, 0.15) is 31.7 Å². The highest BCUT2D eigenvalue weighted by molar-refractivity contribution is 7.85. The maximum absolute atomic E-state index is 11.8. The van der Waals surface area contributed by atoms with E-state index in [9.17, 15) is 14.5 Å². The normalized spacial score (nSPS) is 26.9. The summed E-state index contributed by atoms with van der Waals surface area (Å²) >= 11 is 0. The zero-order valence-corrected chi connectivity index (χ0v) is 14.3. The molecule has 1 aromatic rings. The van der Waals surface area contributed by atoms with Crippen molar-refractivity contribution in [2.75, 3.05) is 9.79 Å².